The number of hydrogen-bond donors (Lipinski definition) is 0. The summed E-state index contributed by atoms with van der Waals surface area (Å²) < 4.78 is 12.0. The Kier molecular flexibility index (Phi) is 3.65. The molecule has 4 rings (SSSR count). The lowest BCUT2D eigenvalue weighted by Crippen LogP contribution is -2.56. The maximum atomic E-state index is 5.12. The molecule has 124 valence electrons. The minimum atomic E-state index is 0.205. The fourth-order valence-electron chi connectivity index (χ4n) is 3.45. The van der Waals surface area contributed by atoms with E-state index in [0.29, 0.717) is 12.6 Å². The lowest BCUT2D eigenvalue weighted by Gasteiger charge is -2.53. The summed E-state index contributed by atoms with van der Waals surface area (Å²) in [6, 6.07) is 0.929. The van der Waals surface area contributed by atoms with Crippen LogP contribution in [0.1, 0.15) is 50.4 Å². The highest BCUT2D eigenvalue weighted by molar-refractivity contribution is 7.09. The van der Waals surface area contributed by atoms with Gasteiger partial charge in [0.25, 0.3) is 0 Å². The van der Waals surface area contributed by atoms with Crippen molar-refractivity contribution in [3.63, 3.8) is 0 Å². The summed E-state index contributed by atoms with van der Waals surface area (Å²) in [5.74, 6) is 2.05. The van der Waals surface area contributed by atoms with Gasteiger partial charge in [0.2, 0.25) is 5.13 Å². The first-order valence-electron chi connectivity index (χ1n) is 8.21. The second kappa shape index (κ2) is 5.56. The summed E-state index contributed by atoms with van der Waals surface area (Å²) in [4.78, 5) is 11.7. The Morgan fingerprint density at radius 2 is 2.22 bits per heavy atom. The third-order valence-electron chi connectivity index (χ3n) is 4.75. The van der Waals surface area contributed by atoms with E-state index in [1.807, 2.05) is 6.20 Å². The molecule has 0 spiro atoms. The quantitative estimate of drug-likeness (QED) is 0.813. The van der Waals surface area contributed by atoms with Gasteiger partial charge >= 0.3 is 0 Å². The van der Waals surface area contributed by atoms with Crippen molar-refractivity contribution < 1.29 is 4.74 Å². The van der Waals surface area contributed by atoms with Crippen molar-refractivity contribution in [3.8, 4) is 0 Å². The van der Waals surface area contributed by atoms with Gasteiger partial charge in [-0.2, -0.15) is 4.37 Å². The lowest BCUT2D eigenvalue weighted by atomic mass is 9.74. The SMILES string of the molecule is COCCc1nsc(N2CC(C)(C)C2c2nccn2C2CC2)n1. The van der Waals surface area contributed by atoms with Gasteiger partial charge in [0.1, 0.15) is 11.6 Å². The van der Waals surface area contributed by atoms with Gasteiger partial charge in [-0.15, -0.1) is 0 Å². The second-order valence-corrected chi connectivity index (χ2v) is 7.91. The Hall–Kier alpha value is -1.47. The van der Waals surface area contributed by atoms with Crippen molar-refractivity contribution in [1.29, 1.82) is 0 Å². The van der Waals surface area contributed by atoms with Crippen LogP contribution >= 0.6 is 11.5 Å². The summed E-state index contributed by atoms with van der Waals surface area (Å²) in [6.45, 7) is 6.28. The summed E-state index contributed by atoms with van der Waals surface area (Å²) in [5, 5.41) is 1.01. The number of hydrogen-bond acceptors (Lipinski definition) is 6. The summed E-state index contributed by atoms with van der Waals surface area (Å²) >= 11 is 1.49. The Morgan fingerprint density at radius 1 is 1.39 bits per heavy atom. The van der Waals surface area contributed by atoms with Crippen molar-refractivity contribution in [2.24, 2.45) is 5.41 Å². The van der Waals surface area contributed by atoms with E-state index in [4.69, 9.17) is 9.72 Å². The molecule has 0 N–H and O–H groups in total. The number of rotatable bonds is 6. The molecule has 23 heavy (non-hydrogen) atoms. The van der Waals surface area contributed by atoms with Gasteiger partial charge in [0, 0.05) is 55.5 Å². The third kappa shape index (κ3) is 2.65. The largest absolute Gasteiger partial charge is 0.384 e. The molecule has 3 heterocycles. The molecule has 0 amide bonds. The Bertz CT molecular complexity index is 690. The zero-order chi connectivity index (χ0) is 16.0. The van der Waals surface area contributed by atoms with Crippen LogP contribution in [0.5, 0.6) is 0 Å². The topological polar surface area (TPSA) is 56.1 Å². The summed E-state index contributed by atoms with van der Waals surface area (Å²) in [5.41, 5.74) is 0.205. The molecule has 7 heteroatoms. The maximum Gasteiger partial charge on any atom is 0.205 e. The van der Waals surface area contributed by atoms with E-state index in [9.17, 15) is 0 Å². The van der Waals surface area contributed by atoms with Crippen molar-refractivity contribution >= 4 is 16.7 Å². The van der Waals surface area contributed by atoms with Gasteiger partial charge in [0.05, 0.1) is 12.6 Å². The fraction of sp³-hybridized carbons (Fsp3) is 0.688. The van der Waals surface area contributed by atoms with Crippen molar-refractivity contribution in [1.82, 2.24) is 18.9 Å². The van der Waals surface area contributed by atoms with Crippen LogP contribution in [0.4, 0.5) is 5.13 Å². The number of nitrogens with zero attached hydrogens (tertiary/aromatic N) is 5. The molecule has 1 saturated heterocycles. The molecule has 0 aromatic carbocycles. The maximum absolute atomic E-state index is 5.12. The number of methoxy groups -OCH3 is 1. The van der Waals surface area contributed by atoms with Crippen LogP contribution in [0, 0.1) is 5.41 Å². The summed E-state index contributed by atoms with van der Waals surface area (Å²) in [7, 11) is 1.71. The van der Waals surface area contributed by atoms with E-state index in [1.165, 1.54) is 30.2 Å². The van der Waals surface area contributed by atoms with Gasteiger partial charge in [-0.3, -0.25) is 0 Å². The van der Waals surface area contributed by atoms with Gasteiger partial charge < -0.3 is 14.2 Å². The number of ether oxygens (including phenoxy) is 1. The molecule has 6 nitrogen and oxygen atoms in total. The molecule has 0 radical (unpaired) electrons. The minimum Gasteiger partial charge on any atom is -0.384 e. The molecule has 0 bridgehead atoms. The lowest BCUT2D eigenvalue weighted by molar-refractivity contribution is 0.167. The predicted molar refractivity (Wildman–Crippen MR) is 89.9 cm³/mol. The highest BCUT2D eigenvalue weighted by Crippen LogP contribution is 2.51. The molecular weight excluding hydrogens is 310 g/mol. The van der Waals surface area contributed by atoms with Gasteiger partial charge in [-0.25, -0.2) is 9.97 Å². The van der Waals surface area contributed by atoms with E-state index in [2.05, 4.69) is 38.9 Å². The van der Waals surface area contributed by atoms with E-state index in [-0.39, 0.29) is 11.5 Å². The Balaban J connectivity index is 1.59. The molecule has 1 unspecified atom stereocenters. The smallest absolute Gasteiger partial charge is 0.205 e. The van der Waals surface area contributed by atoms with Gasteiger partial charge in [-0.1, -0.05) is 13.8 Å². The van der Waals surface area contributed by atoms with Crippen LogP contribution in [0.25, 0.3) is 0 Å². The van der Waals surface area contributed by atoms with E-state index in [1.54, 1.807) is 7.11 Å². The van der Waals surface area contributed by atoms with Gasteiger partial charge in [-0.05, 0) is 12.8 Å². The molecule has 2 aromatic heterocycles. The average molecular weight is 333 g/mol. The van der Waals surface area contributed by atoms with Crippen molar-refractivity contribution in [2.75, 3.05) is 25.2 Å². The molecule has 2 fully saturated rings. The molecule has 2 aromatic rings. The second-order valence-electron chi connectivity index (χ2n) is 7.18. The zero-order valence-electron chi connectivity index (χ0n) is 13.9. The molecule has 1 aliphatic carbocycles. The first-order valence-corrected chi connectivity index (χ1v) is 8.98. The molecule has 1 atom stereocenters. The fourth-order valence-corrected chi connectivity index (χ4v) is 4.19. The monoisotopic (exact) mass is 333 g/mol. The van der Waals surface area contributed by atoms with Crippen LogP contribution in [-0.2, 0) is 11.2 Å². The predicted octanol–water partition coefficient (Wildman–Crippen LogP) is 2.85. The third-order valence-corrected chi connectivity index (χ3v) is 5.54. The van der Waals surface area contributed by atoms with E-state index < -0.39 is 0 Å². The standard InChI is InChI=1S/C16H23N5OS/c1-16(2)10-21(15-18-12(19-23-15)6-9-22-3)13(16)14-17-7-8-20(14)11-4-5-11/h7-8,11,13H,4-6,9-10H2,1-3H3. The van der Waals surface area contributed by atoms with Crippen LogP contribution in [0.2, 0.25) is 0 Å². The first kappa shape index (κ1) is 15.1. The van der Waals surface area contributed by atoms with Gasteiger partial charge in [0.15, 0.2) is 0 Å². The van der Waals surface area contributed by atoms with E-state index >= 15 is 0 Å². The molecule has 1 saturated carbocycles. The molecule has 1 aliphatic heterocycles. The first-order chi connectivity index (χ1) is 11.1. The Morgan fingerprint density at radius 3 is 2.91 bits per heavy atom. The summed E-state index contributed by atoms with van der Waals surface area (Å²) in [6.07, 6.45) is 7.38. The Labute approximate surface area is 140 Å². The van der Waals surface area contributed by atoms with Crippen LogP contribution in [0.3, 0.4) is 0 Å². The highest BCUT2D eigenvalue weighted by atomic mass is 32.1. The number of aromatic nitrogens is 4. The van der Waals surface area contributed by atoms with E-state index in [0.717, 1.165) is 23.9 Å². The number of anilines is 1. The normalized spacial score (nSPS) is 23.1. The van der Waals surface area contributed by atoms with Crippen molar-refractivity contribution in [3.05, 3.63) is 24.0 Å². The highest BCUT2D eigenvalue weighted by Gasteiger charge is 2.50. The van der Waals surface area contributed by atoms with Crippen LogP contribution in [0.15, 0.2) is 12.4 Å². The van der Waals surface area contributed by atoms with Crippen LogP contribution < -0.4 is 4.90 Å². The number of imidazole rings is 1. The average Bonchev–Trinajstić information content (AvgIpc) is 3.07. The minimum absolute atomic E-state index is 0.205. The zero-order valence-corrected chi connectivity index (χ0v) is 14.7. The van der Waals surface area contributed by atoms with Crippen molar-refractivity contribution in [2.45, 2.75) is 45.2 Å². The van der Waals surface area contributed by atoms with Crippen LogP contribution in [-0.4, -0.2) is 39.2 Å². The molecular formula is C16H23N5OS. The molecule has 2 aliphatic rings.